The van der Waals surface area contributed by atoms with E-state index in [4.69, 9.17) is 16.3 Å². The van der Waals surface area contributed by atoms with E-state index in [0.717, 1.165) is 23.2 Å². The van der Waals surface area contributed by atoms with Crippen molar-refractivity contribution in [2.45, 2.75) is 20.3 Å². The van der Waals surface area contributed by atoms with Crippen LogP contribution in [0.3, 0.4) is 0 Å². The molecule has 0 saturated carbocycles. The Bertz CT molecular complexity index is 1000. The predicted octanol–water partition coefficient (Wildman–Crippen LogP) is 6.82. The number of nitrogens with zero attached hydrogens (tertiary/aromatic N) is 2. The summed E-state index contributed by atoms with van der Waals surface area (Å²) in [5, 5.41) is 1.19. The Hall–Kier alpha value is -1.77. The van der Waals surface area contributed by atoms with Gasteiger partial charge in [0.2, 0.25) is 0 Å². The van der Waals surface area contributed by atoms with Gasteiger partial charge in [0.15, 0.2) is 5.17 Å². The summed E-state index contributed by atoms with van der Waals surface area (Å²) in [6, 6.07) is 13.3. The number of para-hydroxylation sites is 1. The zero-order valence-corrected chi connectivity index (χ0v) is 19.8. The molecule has 0 N–H and O–H groups in total. The van der Waals surface area contributed by atoms with E-state index in [1.165, 1.54) is 11.8 Å². The summed E-state index contributed by atoms with van der Waals surface area (Å²) in [5.41, 5.74) is 2.72. The number of aliphatic imine (C=N–C) groups is 1. The molecule has 1 fully saturated rings. The van der Waals surface area contributed by atoms with Gasteiger partial charge in [-0.25, -0.2) is 0 Å². The van der Waals surface area contributed by atoms with Crippen LogP contribution in [-0.2, 0) is 4.79 Å². The van der Waals surface area contributed by atoms with Gasteiger partial charge in [-0.3, -0.25) is 14.7 Å². The van der Waals surface area contributed by atoms with Crippen LogP contribution in [0.5, 0.6) is 5.75 Å². The van der Waals surface area contributed by atoms with Crippen LogP contribution in [0.4, 0.5) is 5.69 Å². The van der Waals surface area contributed by atoms with E-state index >= 15 is 0 Å². The van der Waals surface area contributed by atoms with E-state index in [0.29, 0.717) is 27.4 Å². The first-order valence-corrected chi connectivity index (χ1v) is 11.5. The number of anilines is 1. The minimum absolute atomic E-state index is 0.0801. The zero-order valence-electron chi connectivity index (χ0n) is 16.1. The maximum absolute atomic E-state index is 13.2. The second kappa shape index (κ2) is 10.3. The summed E-state index contributed by atoms with van der Waals surface area (Å²) in [5.74, 6) is 0.488. The molecular formula is C22H20ClIN2O2S. The number of aryl methyl sites for hydroxylation is 1. The van der Waals surface area contributed by atoms with Crippen molar-refractivity contribution < 1.29 is 9.53 Å². The van der Waals surface area contributed by atoms with E-state index in [-0.39, 0.29) is 5.91 Å². The molecule has 0 atom stereocenters. The van der Waals surface area contributed by atoms with Crippen molar-refractivity contribution >= 4 is 68.8 Å². The van der Waals surface area contributed by atoms with Crippen LogP contribution in [0.1, 0.15) is 24.5 Å². The lowest BCUT2D eigenvalue weighted by Crippen LogP contribution is -2.29. The van der Waals surface area contributed by atoms with Crippen molar-refractivity contribution in [2.24, 2.45) is 4.99 Å². The third kappa shape index (κ3) is 5.24. The minimum atomic E-state index is -0.0801. The van der Waals surface area contributed by atoms with Crippen molar-refractivity contribution in [1.82, 2.24) is 0 Å². The highest BCUT2D eigenvalue weighted by atomic mass is 127. The number of benzene rings is 2. The highest BCUT2D eigenvalue weighted by Crippen LogP contribution is 2.38. The van der Waals surface area contributed by atoms with Gasteiger partial charge in [0.25, 0.3) is 5.91 Å². The fraction of sp³-hybridized carbons (Fsp3) is 0.182. The molecule has 0 spiro atoms. The van der Waals surface area contributed by atoms with E-state index in [2.05, 4.69) is 34.5 Å². The number of rotatable bonds is 6. The topological polar surface area (TPSA) is 41.9 Å². The fourth-order valence-electron chi connectivity index (χ4n) is 2.77. The van der Waals surface area contributed by atoms with Crippen molar-refractivity contribution in [3.05, 3.63) is 73.9 Å². The molecule has 0 radical (unpaired) electrons. The standard InChI is InChI=1S/C22H20ClIN2O2S/c1-3-11-25-22-26(18-7-5-4-6-15(18)2)21(27)20(29-22)14-16-8-9-19(17(23)13-16)28-12-10-24/h4-10,12-14H,3,11H2,1-2H3/b12-10-,20-14-,25-22?. The van der Waals surface area contributed by atoms with Crippen molar-refractivity contribution in [1.29, 1.82) is 0 Å². The summed E-state index contributed by atoms with van der Waals surface area (Å²) < 4.78 is 7.20. The molecule has 3 rings (SSSR count). The molecule has 150 valence electrons. The molecule has 0 aromatic heterocycles. The number of carbonyl (C=O) groups is 1. The Balaban J connectivity index is 1.95. The monoisotopic (exact) mass is 538 g/mol. The normalized spacial score (nSPS) is 17.1. The molecule has 4 nitrogen and oxygen atoms in total. The number of thioether (sulfide) groups is 1. The summed E-state index contributed by atoms with van der Waals surface area (Å²) in [7, 11) is 0. The number of amides is 1. The van der Waals surface area contributed by atoms with Gasteiger partial charge in [-0.05, 0) is 83.1 Å². The van der Waals surface area contributed by atoms with Crippen LogP contribution in [-0.4, -0.2) is 17.6 Å². The van der Waals surface area contributed by atoms with Gasteiger partial charge in [-0.2, -0.15) is 0 Å². The Morgan fingerprint density at radius 1 is 1.28 bits per heavy atom. The van der Waals surface area contributed by atoms with Crippen LogP contribution in [0.2, 0.25) is 5.02 Å². The first-order valence-electron chi connectivity index (χ1n) is 9.10. The van der Waals surface area contributed by atoms with E-state index < -0.39 is 0 Å². The molecule has 1 aliphatic rings. The van der Waals surface area contributed by atoms with Gasteiger partial charge in [0.1, 0.15) is 5.75 Å². The Labute approximate surface area is 193 Å². The summed E-state index contributed by atoms with van der Waals surface area (Å²) >= 11 is 9.78. The average molecular weight is 539 g/mol. The molecule has 0 aliphatic carbocycles. The van der Waals surface area contributed by atoms with Gasteiger partial charge in [-0.15, -0.1) is 0 Å². The second-order valence-electron chi connectivity index (χ2n) is 6.27. The van der Waals surface area contributed by atoms with Gasteiger partial charge in [0.05, 0.1) is 21.9 Å². The molecule has 0 bridgehead atoms. The highest BCUT2D eigenvalue weighted by Gasteiger charge is 2.35. The zero-order chi connectivity index (χ0) is 20.8. The molecule has 7 heteroatoms. The maximum Gasteiger partial charge on any atom is 0.271 e. The Kier molecular flexibility index (Phi) is 7.80. The highest BCUT2D eigenvalue weighted by molar-refractivity contribution is 14.1. The number of amidine groups is 1. The summed E-state index contributed by atoms with van der Waals surface area (Å²) in [6.07, 6.45) is 4.32. The minimum Gasteiger partial charge on any atom is -0.463 e. The SMILES string of the molecule is CCCN=C1S/C(=C\c2ccc(O/C=C\I)c(Cl)c2)C(=O)N1c1ccccc1C. The van der Waals surface area contributed by atoms with Gasteiger partial charge < -0.3 is 4.74 Å². The van der Waals surface area contributed by atoms with Crippen LogP contribution >= 0.6 is 46.0 Å². The maximum atomic E-state index is 13.2. The van der Waals surface area contributed by atoms with Crippen LogP contribution in [0.25, 0.3) is 6.08 Å². The van der Waals surface area contributed by atoms with Crippen molar-refractivity contribution in [2.75, 3.05) is 11.4 Å². The van der Waals surface area contributed by atoms with Crippen molar-refractivity contribution in [3.8, 4) is 5.75 Å². The second-order valence-corrected chi connectivity index (χ2v) is 8.41. The smallest absolute Gasteiger partial charge is 0.271 e. The van der Waals surface area contributed by atoms with Gasteiger partial charge >= 0.3 is 0 Å². The van der Waals surface area contributed by atoms with Crippen LogP contribution in [0, 0.1) is 6.92 Å². The molecule has 1 saturated heterocycles. The van der Waals surface area contributed by atoms with E-state index in [1.807, 2.05) is 43.3 Å². The van der Waals surface area contributed by atoms with E-state index in [1.54, 1.807) is 27.4 Å². The molecule has 0 unspecified atom stereocenters. The number of hydrogen-bond donors (Lipinski definition) is 0. The van der Waals surface area contributed by atoms with Crippen LogP contribution in [0.15, 0.2) is 62.7 Å². The lowest BCUT2D eigenvalue weighted by atomic mass is 10.1. The fourth-order valence-corrected chi connectivity index (χ4v) is 4.14. The molecule has 1 aliphatic heterocycles. The number of halogens is 2. The molecule has 1 amide bonds. The quantitative estimate of drug-likeness (QED) is 0.230. The number of hydrogen-bond acceptors (Lipinski definition) is 4. The first-order chi connectivity index (χ1) is 14.0. The molecule has 2 aromatic rings. The Morgan fingerprint density at radius 3 is 2.76 bits per heavy atom. The third-order valence-electron chi connectivity index (χ3n) is 4.13. The predicted molar refractivity (Wildman–Crippen MR) is 132 cm³/mol. The molecule has 1 heterocycles. The van der Waals surface area contributed by atoms with Gasteiger partial charge in [-0.1, -0.05) is 42.8 Å². The lowest BCUT2D eigenvalue weighted by Gasteiger charge is -2.17. The van der Waals surface area contributed by atoms with Gasteiger partial charge in [0, 0.05) is 10.6 Å². The number of ether oxygens (including phenoxy) is 1. The first kappa shape index (κ1) is 21.9. The van der Waals surface area contributed by atoms with Crippen LogP contribution < -0.4 is 9.64 Å². The summed E-state index contributed by atoms with van der Waals surface area (Å²) in [6.45, 7) is 4.74. The molecular weight excluding hydrogens is 519 g/mol. The molecule has 29 heavy (non-hydrogen) atoms. The summed E-state index contributed by atoms with van der Waals surface area (Å²) in [4.78, 5) is 20.2. The average Bonchev–Trinajstić information content (AvgIpc) is 3.01. The largest absolute Gasteiger partial charge is 0.463 e. The van der Waals surface area contributed by atoms with E-state index in [9.17, 15) is 4.79 Å². The number of carbonyl (C=O) groups excluding carboxylic acids is 1. The molecule has 2 aromatic carbocycles. The van der Waals surface area contributed by atoms with Crippen molar-refractivity contribution in [3.63, 3.8) is 0 Å². The Morgan fingerprint density at radius 2 is 2.07 bits per heavy atom. The third-order valence-corrected chi connectivity index (χ3v) is 5.73. The lowest BCUT2D eigenvalue weighted by molar-refractivity contribution is -0.113.